The first-order valence-corrected chi connectivity index (χ1v) is 6.66. The maximum absolute atomic E-state index is 13.5. The maximum atomic E-state index is 13.5. The van der Waals surface area contributed by atoms with Crippen LogP contribution in [0.2, 0.25) is 5.02 Å². The molecule has 0 heterocycles. The Morgan fingerprint density at radius 2 is 2.00 bits per heavy atom. The van der Waals surface area contributed by atoms with E-state index in [0.717, 1.165) is 19.3 Å². The first kappa shape index (κ1) is 14.1. The molecule has 0 radical (unpaired) electrons. The lowest BCUT2D eigenvalue weighted by Gasteiger charge is -2.34. The summed E-state index contributed by atoms with van der Waals surface area (Å²) in [4.78, 5) is 11.7. The summed E-state index contributed by atoms with van der Waals surface area (Å²) in [5.74, 6) is -1.35. The highest BCUT2D eigenvalue weighted by Gasteiger charge is 2.44. The van der Waals surface area contributed by atoms with Crippen LogP contribution < -0.4 is 4.74 Å². The summed E-state index contributed by atoms with van der Waals surface area (Å²) in [7, 11) is 1.38. The Labute approximate surface area is 116 Å². The highest BCUT2D eigenvalue weighted by molar-refractivity contribution is 6.32. The number of methoxy groups -OCH3 is 1. The monoisotopic (exact) mass is 286 g/mol. The number of aliphatic carboxylic acids is 1. The molecule has 104 valence electrons. The van der Waals surface area contributed by atoms with Crippen LogP contribution in [0, 0.1) is 5.82 Å². The number of ether oxygens (including phenoxy) is 1. The molecule has 1 aliphatic rings. The number of hydrogen-bond acceptors (Lipinski definition) is 2. The van der Waals surface area contributed by atoms with Crippen molar-refractivity contribution in [2.24, 2.45) is 0 Å². The molecule has 5 heteroatoms. The van der Waals surface area contributed by atoms with Crippen molar-refractivity contribution in [2.75, 3.05) is 7.11 Å². The third kappa shape index (κ3) is 2.29. The molecular formula is C14H16ClFO3. The van der Waals surface area contributed by atoms with Crippen LogP contribution in [-0.2, 0) is 10.2 Å². The fraction of sp³-hybridized carbons (Fsp3) is 0.500. The van der Waals surface area contributed by atoms with Crippen LogP contribution in [-0.4, -0.2) is 18.2 Å². The first-order chi connectivity index (χ1) is 9.03. The Morgan fingerprint density at radius 3 is 2.53 bits per heavy atom. The van der Waals surface area contributed by atoms with E-state index in [0.29, 0.717) is 18.4 Å². The van der Waals surface area contributed by atoms with Gasteiger partial charge in [-0.05, 0) is 18.9 Å². The predicted octanol–water partition coefficient (Wildman–Crippen LogP) is 3.77. The third-order valence-electron chi connectivity index (χ3n) is 3.89. The molecule has 0 unspecified atom stereocenters. The van der Waals surface area contributed by atoms with E-state index < -0.39 is 17.2 Å². The smallest absolute Gasteiger partial charge is 0.314 e. The molecule has 19 heavy (non-hydrogen) atoms. The lowest BCUT2D eigenvalue weighted by Crippen LogP contribution is -2.38. The highest BCUT2D eigenvalue weighted by Crippen LogP contribution is 2.46. The Kier molecular flexibility index (Phi) is 3.99. The number of hydrogen-bond donors (Lipinski definition) is 1. The lowest BCUT2D eigenvalue weighted by molar-refractivity contribution is -0.145. The van der Waals surface area contributed by atoms with Crippen LogP contribution in [0.5, 0.6) is 5.75 Å². The van der Waals surface area contributed by atoms with Crippen molar-refractivity contribution in [3.8, 4) is 5.75 Å². The Hall–Kier alpha value is -1.29. The molecule has 1 aliphatic carbocycles. The quantitative estimate of drug-likeness (QED) is 0.920. The summed E-state index contributed by atoms with van der Waals surface area (Å²) in [6, 6.07) is 2.69. The van der Waals surface area contributed by atoms with Crippen LogP contribution in [0.3, 0.4) is 0 Å². The molecule has 1 aromatic carbocycles. The van der Waals surface area contributed by atoms with E-state index in [1.165, 1.54) is 19.2 Å². The van der Waals surface area contributed by atoms with Crippen molar-refractivity contribution in [3.63, 3.8) is 0 Å². The van der Waals surface area contributed by atoms with E-state index in [1.807, 2.05) is 0 Å². The second kappa shape index (κ2) is 5.37. The van der Waals surface area contributed by atoms with Crippen molar-refractivity contribution in [2.45, 2.75) is 37.5 Å². The van der Waals surface area contributed by atoms with Gasteiger partial charge in [0.1, 0.15) is 16.6 Å². The van der Waals surface area contributed by atoms with E-state index in [-0.39, 0.29) is 10.8 Å². The number of benzene rings is 1. The molecule has 0 atom stereocenters. The number of carbonyl (C=O) groups is 1. The normalized spacial score (nSPS) is 18.1. The largest absolute Gasteiger partial charge is 0.495 e. The molecule has 1 fully saturated rings. The zero-order valence-electron chi connectivity index (χ0n) is 10.7. The van der Waals surface area contributed by atoms with Gasteiger partial charge in [-0.3, -0.25) is 4.79 Å². The minimum atomic E-state index is -1.01. The molecule has 0 spiro atoms. The number of rotatable bonds is 3. The lowest BCUT2D eigenvalue weighted by atomic mass is 9.69. The summed E-state index contributed by atoms with van der Waals surface area (Å²) in [5.41, 5.74) is -0.533. The fourth-order valence-corrected chi connectivity index (χ4v) is 3.10. The number of carboxylic acid groups (broad SMARTS) is 1. The zero-order chi connectivity index (χ0) is 14.0. The minimum Gasteiger partial charge on any atom is -0.495 e. The molecule has 0 amide bonds. The van der Waals surface area contributed by atoms with Crippen molar-refractivity contribution >= 4 is 17.6 Å². The van der Waals surface area contributed by atoms with Crippen molar-refractivity contribution in [1.29, 1.82) is 0 Å². The Morgan fingerprint density at radius 1 is 1.37 bits per heavy atom. The van der Waals surface area contributed by atoms with E-state index >= 15 is 0 Å². The minimum absolute atomic E-state index is 0.144. The molecule has 1 saturated carbocycles. The molecule has 0 bridgehead atoms. The van der Waals surface area contributed by atoms with Gasteiger partial charge >= 0.3 is 5.97 Å². The molecule has 0 saturated heterocycles. The highest BCUT2D eigenvalue weighted by atomic mass is 35.5. The van der Waals surface area contributed by atoms with Crippen molar-refractivity contribution in [1.82, 2.24) is 0 Å². The summed E-state index contributed by atoms with van der Waals surface area (Å²) in [5, 5.41) is 9.48. The molecular weight excluding hydrogens is 271 g/mol. The fourth-order valence-electron chi connectivity index (χ4n) is 2.86. The van der Waals surface area contributed by atoms with Gasteiger partial charge in [0.25, 0.3) is 0 Å². The number of halogens is 2. The van der Waals surface area contributed by atoms with Gasteiger partial charge in [-0.2, -0.15) is 0 Å². The average Bonchev–Trinajstić information content (AvgIpc) is 2.42. The Balaban J connectivity index is 2.60. The van der Waals surface area contributed by atoms with E-state index in [9.17, 15) is 14.3 Å². The van der Waals surface area contributed by atoms with Crippen LogP contribution in [0.1, 0.15) is 37.7 Å². The Bertz CT molecular complexity index is 496. The van der Waals surface area contributed by atoms with Gasteiger partial charge in [0, 0.05) is 5.56 Å². The maximum Gasteiger partial charge on any atom is 0.314 e. The van der Waals surface area contributed by atoms with Crippen LogP contribution >= 0.6 is 11.6 Å². The third-order valence-corrected chi connectivity index (χ3v) is 4.24. The van der Waals surface area contributed by atoms with E-state index in [4.69, 9.17) is 16.3 Å². The standard InChI is InChI=1S/C14H16ClFO3/c1-19-12-9(5-6-10(16)11(12)15)14(13(17)18)7-3-2-4-8-14/h5-6H,2-4,7-8H2,1H3,(H,17,18). The van der Waals surface area contributed by atoms with E-state index in [2.05, 4.69) is 0 Å². The van der Waals surface area contributed by atoms with Gasteiger partial charge < -0.3 is 9.84 Å². The predicted molar refractivity (Wildman–Crippen MR) is 70.4 cm³/mol. The second-order valence-electron chi connectivity index (χ2n) is 4.89. The van der Waals surface area contributed by atoms with Gasteiger partial charge in [0.2, 0.25) is 0 Å². The van der Waals surface area contributed by atoms with Gasteiger partial charge in [0.15, 0.2) is 0 Å². The van der Waals surface area contributed by atoms with Crippen molar-refractivity contribution < 1.29 is 19.0 Å². The van der Waals surface area contributed by atoms with Gasteiger partial charge in [0.05, 0.1) is 12.5 Å². The van der Waals surface area contributed by atoms with Crippen LogP contribution in [0.15, 0.2) is 12.1 Å². The summed E-state index contributed by atoms with van der Waals surface area (Å²) >= 11 is 5.89. The van der Waals surface area contributed by atoms with Gasteiger partial charge in [-0.1, -0.05) is 36.9 Å². The SMILES string of the molecule is COc1c(C2(C(=O)O)CCCCC2)ccc(F)c1Cl. The number of carboxylic acids is 1. The molecule has 3 nitrogen and oxygen atoms in total. The zero-order valence-corrected chi connectivity index (χ0v) is 11.5. The van der Waals surface area contributed by atoms with Crippen LogP contribution in [0.4, 0.5) is 4.39 Å². The molecule has 0 aromatic heterocycles. The molecule has 1 aromatic rings. The van der Waals surface area contributed by atoms with E-state index in [1.54, 1.807) is 0 Å². The molecule has 1 N–H and O–H groups in total. The molecule has 0 aliphatic heterocycles. The summed E-state index contributed by atoms with van der Waals surface area (Å²) in [6.07, 6.45) is 3.75. The summed E-state index contributed by atoms with van der Waals surface area (Å²) in [6.45, 7) is 0. The van der Waals surface area contributed by atoms with Gasteiger partial charge in [-0.25, -0.2) is 4.39 Å². The van der Waals surface area contributed by atoms with Crippen molar-refractivity contribution in [3.05, 3.63) is 28.5 Å². The average molecular weight is 287 g/mol. The second-order valence-corrected chi connectivity index (χ2v) is 5.27. The topological polar surface area (TPSA) is 46.5 Å². The van der Waals surface area contributed by atoms with Gasteiger partial charge in [-0.15, -0.1) is 0 Å². The van der Waals surface area contributed by atoms with Crippen LogP contribution in [0.25, 0.3) is 0 Å². The summed E-state index contributed by atoms with van der Waals surface area (Å²) < 4.78 is 18.6. The first-order valence-electron chi connectivity index (χ1n) is 6.29. The molecule has 2 rings (SSSR count).